The molecule has 1 aliphatic carbocycles. The van der Waals surface area contributed by atoms with Gasteiger partial charge in [-0.05, 0) is 38.7 Å². The Morgan fingerprint density at radius 3 is 2.67 bits per heavy atom. The van der Waals surface area contributed by atoms with Crippen LogP contribution in [0.4, 0.5) is 0 Å². The molecule has 0 radical (unpaired) electrons. The smallest absolute Gasteiger partial charge is 0.326 e. The van der Waals surface area contributed by atoms with Crippen LogP contribution in [-0.4, -0.2) is 32.8 Å². The molecule has 1 atom stereocenters. The molecule has 0 spiro atoms. The number of carboxylic acids is 1. The van der Waals surface area contributed by atoms with Gasteiger partial charge in [0, 0.05) is 6.54 Å². The second-order valence-electron chi connectivity index (χ2n) is 5.67. The normalized spacial score (nSPS) is 17.4. The first kappa shape index (κ1) is 15.5. The lowest BCUT2D eigenvalue weighted by Crippen LogP contribution is -2.47. The average molecular weight is 293 g/mol. The standard InChI is InChI=1S/C15H23N3O3/c1-3-18-12(9-10(2)17-18)14(19)16-13(15(20)21)11-7-5-4-6-8-11/h9,11,13H,3-8H2,1-2H3,(H,16,19)(H,20,21). The summed E-state index contributed by atoms with van der Waals surface area (Å²) in [6, 6.07) is 0.886. The zero-order chi connectivity index (χ0) is 15.4. The Balaban J connectivity index is 2.12. The van der Waals surface area contributed by atoms with Crippen molar-refractivity contribution in [3.05, 3.63) is 17.5 Å². The molecule has 0 aliphatic heterocycles. The van der Waals surface area contributed by atoms with Gasteiger partial charge >= 0.3 is 5.97 Å². The highest BCUT2D eigenvalue weighted by Crippen LogP contribution is 2.26. The molecular weight excluding hydrogens is 270 g/mol. The minimum absolute atomic E-state index is 0.0271. The van der Waals surface area contributed by atoms with Crippen molar-refractivity contribution in [2.24, 2.45) is 5.92 Å². The maximum absolute atomic E-state index is 12.4. The number of carbonyl (C=O) groups excluding carboxylic acids is 1. The molecule has 21 heavy (non-hydrogen) atoms. The zero-order valence-corrected chi connectivity index (χ0v) is 12.6. The van der Waals surface area contributed by atoms with Crippen molar-refractivity contribution in [2.75, 3.05) is 0 Å². The zero-order valence-electron chi connectivity index (χ0n) is 12.6. The van der Waals surface area contributed by atoms with Crippen LogP contribution in [0.3, 0.4) is 0 Å². The molecule has 1 saturated carbocycles. The van der Waals surface area contributed by atoms with Gasteiger partial charge in [-0.2, -0.15) is 5.10 Å². The van der Waals surface area contributed by atoms with E-state index in [0.717, 1.165) is 37.8 Å². The molecule has 1 aromatic rings. The van der Waals surface area contributed by atoms with E-state index in [0.29, 0.717) is 12.2 Å². The third kappa shape index (κ3) is 3.62. The van der Waals surface area contributed by atoms with Crippen LogP contribution in [0.2, 0.25) is 0 Å². The topological polar surface area (TPSA) is 84.2 Å². The molecule has 2 rings (SSSR count). The Hall–Kier alpha value is -1.85. The number of rotatable bonds is 5. The van der Waals surface area contributed by atoms with Crippen molar-refractivity contribution in [1.29, 1.82) is 0 Å². The maximum Gasteiger partial charge on any atom is 0.326 e. The van der Waals surface area contributed by atoms with Crippen LogP contribution in [0.25, 0.3) is 0 Å². The van der Waals surface area contributed by atoms with Crippen LogP contribution in [0.5, 0.6) is 0 Å². The van der Waals surface area contributed by atoms with Crippen LogP contribution in [0.15, 0.2) is 6.07 Å². The van der Waals surface area contributed by atoms with E-state index >= 15 is 0 Å². The second kappa shape index (κ2) is 6.74. The summed E-state index contributed by atoms with van der Waals surface area (Å²) in [6.45, 7) is 4.30. The SMILES string of the molecule is CCn1nc(C)cc1C(=O)NC(C(=O)O)C1CCCCC1. The lowest BCUT2D eigenvalue weighted by Gasteiger charge is -2.28. The van der Waals surface area contributed by atoms with Gasteiger partial charge in [0.1, 0.15) is 11.7 Å². The highest BCUT2D eigenvalue weighted by Gasteiger charge is 2.31. The highest BCUT2D eigenvalue weighted by atomic mass is 16.4. The Morgan fingerprint density at radius 1 is 1.43 bits per heavy atom. The summed E-state index contributed by atoms with van der Waals surface area (Å²) in [5, 5.41) is 16.3. The third-order valence-electron chi connectivity index (χ3n) is 4.11. The number of carbonyl (C=O) groups is 2. The van der Waals surface area contributed by atoms with Gasteiger partial charge in [0.2, 0.25) is 0 Å². The van der Waals surface area contributed by atoms with Crippen LogP contribution < -0.4 is 5.32 Å². The van der Waals surface area contributed by atoms with Gasteiger partial charge in [0.25, 0.3) is 5.91 Å². The number of hydrogen-bond donors (Lipinski definition) is 2. The molecule has 6 heteroatoms. The van der Waals surface area contributed by atoms with Crippen LogP contribution in [0.1, 0.15) is 55.2 Å². The first-order valence-corrected chi connectivity index (χ1v) is 7.61. The van der Waals surface area contributed by atoms with E-state index in [2.05, 4.69) is 10.4 Å². The molecule has 1 aromatic heterocycles. The molecule has 0 bridgehead atoms. The Bertz CT molecular complexity index is 518. The summed E-state index contributed by atoms with van der Waals surface area (Å²) in [5.41, 5.74) is 1.18. The number of aryl methyl sites for hydroxylation is 2. The maximum atomic E-state index is 12.4. The van der Waals surface area contributed by atoms with Gasteiger partial charge in [0.15, 0.2) is 0 Å². The van der Waals surface area contributed by atoms with Crippen molar-refractivity contribution in [2.45, 2.75) is 58.5 Å². The number of aliphatic carboxylic acids is 1. The van der Waals surface area contributed by atoms with Crippen molar-refractivity contribution < 1.29 is 14.7 Å². The molecule has 0 aromatic carbocycles. The van der Waals surface area contributed by atoms with Crippen LogP contribution in [0, 0.1) is 12.8 Å². The Morgan fingerprint density at radius 2 is 2.10 bits per heavy atom. The molecule has 1 amide bonds. The predicted molar refractivity (Wildman–Crippen MR) is 78.1 cm³/mol. The fraction of sp³-hybridized carbons (Fsp3) is 0.667. The summed E-state index contributed by atoms with van der Waals surface area (Å²) in [6.07, 6.45) is 4.96. The van der Waals surface area contributed by atoms with Crippen molar-refractivity contribution in [3.63, 3.8) is 0 Å². The Kier molecular flexibility index (Phi) is 4.98. The predicted octanol–water partition coefficient (Wildman–Crippen LogP) is 1.97. The fourth-order valence-corrected chi connectivity index (χ4v) is 3.03. The molecule has 1 heterocycles. The minimum Gasteiger partial charge on any atom is -0.480 e. The summed E-state index contributed by atoms with van der Waals surface area (Å²) < 4.78 is 1.60. The Labute approximate surface area is 124 Å². The van der Waals surface area contributed by atoms with Crippen molar-refractivity contribution in [3.8, 4) is 0 Å². The van der Waals surface area contributed by atoms with E-state index in [1.807, 2.05) is 13.8 Å². The van der Waals surface area contributed by atoms with E-state index in [9.17, 15) is 14.7 Å². The van der Waals surface area contributed by atoms with E-state index in [-0.39, 0.29) is 11.8 Å². The average Bonchev–Trinajstić information content (AvgIpc) is 2.86. The van der Waals surface area contributed by atoms with E-state index in [1.54, 1.807) is 10.7 Å². The molecule has 1 unspecified atom stereocenters. The van der Waals surface area contributed by atoms with Gasteiger partial charge in [-0.25, -0.2) is 4.79 Å². The quantitative estimate of drug-likeness (QED) is 0.869. The van der Waals surface area contributed by atoms with Gasteiger partial charge in [0.05, 0.1) is 5.69 Å². The van der Waals surface area contributed by atoms with E-state index in [4.69, 9.17) is 0 Å². The monoisotopic (exact) mass is 293 g/mol. The van der Waals surface area contributed by atoms with Gasteiger partial charge < -0.3 is 10.4 Å². The summed E-state index contributed by atoms with van der Waals surface area (Å²) in [5.74, 6) is -1.27. The van der Waals surface area contributed by atoms with Crippen molar-refractivity contribution >= 4 is 11.9 Å². The highest BCUT2D eigenvalue weighted by molar-refractivity contribution is 5.95. The molecule has 1 fully saturated rings. The first-order valence-electron chi connectivity index (χ1n) is 7.61. The largest absolute Gasteiger partial charge is 0.480 e. The van der Waals surface area contributed by atoms with Crippen molar-refractivity contribution in [1.82, 2.24) is 15.1 Å². The summed E-state index contributed by atoms with van der Waals surface area (Å²) >= 11 is 0. The summed E-state index contributed by atoms with van der Waals surface area (Å²) in [7, 11) is 0. The second-order valence-corrected chi connectivity index (χ2v) is 5.67. The molecule has 0 saturated heterocycles. The first-order chi connectivity index (χ1) is 10.0. The number of carboxylic acid groups (broad SMARTS) is 1. The summed E-state index contributed by atoms with van der Waals surface area (Å²) in [4.78, 5) is 23.8. The molecular formula is C15H23N3O3. The number of hydrogen-bond acceptors (Lipinski definition) is 3. The number of nitrogens with one attached hydrogen (secondary N) is 1. The molecule has 6 nitrogen and oxygen atoms in total. The van der Waals surface area contributed by atoms with E-state index < -0.39 is 12.0 Å². The van der Waals surface area contributed by atoms with Gasteiger partial charge in [-0.15, -0.1) is 0 Å². The van der Waals surface area contributed by atoms with E-state index in [1.165, 1.54) is 0 Å². The molecule has 2 N–H and O–H groups in total. The molecule has 1 aliphatic rings. The van der Waals surface area contributed by atoms with Crippen LogP contribution >= 0.6 is 0 Å². The minimum atomic E-state index is -0.950. The lowest BCUT2D eigenvalue weighted by molar-refractivity contribution is -0.141. The number of amides is 1. The van der Waals surface area contributed by atoms with Gasteiger partial charge in [-0.3, -0.25) is 9.48 Å². The third-order valence-corrected chi connectivity index (χ3v) is 4.11. The lowest BCUT2D eigenvalue weighted by atomic mass is 9.84. The number of aromatic nitrogens is 2. The fourth-order valence-electron chi connectivity index (χ4n) is 3.03. The number of nitrogens with zero attached hydrogens (tertiary/aromatic N) is 2. The molecule has 116 valence electrons. The van der Waals surface area contributed by atoms with Crippen LogP contribution in [-0.2, 0) is 11.3 Å². The van der Waals surface area contributed by atoms with Gasteiger partial charge in [-0.1, -0.05) is 19.3 Å².